The van der Waals surface area contributed by atoms with Crippen LogP contribution >= 0.6 is 0 Å². The number of nitrogens with zero attached hydrogens (tertiary/aromatic N) is 1. The first-order valence-electron chi connectivity index (χ1n) is 11.4. The minimum Gasteiger partial charge on any atom is -0.496 e. The fourth-order valence-electron chi connectivity index (χ4n) is 4.94. The van der Waals surface area contributed by atoms with Gasteiger partial charge in [0.05, 0.1) is 13.7 Å². The molecule has 2 aromatic rings. The van der Waals surface area contributed by atoms with Crippen LogP contribution in [0.1, 0.15) is 66.9 Å². The zero-order valence-electron chi connectivity index (χ0n) is 18.5. The molecular formula is C26H32N2O3. The van der Waals surface area contributed by atoms with Crippen molar-refractivity contribution in [1.82, 2.24) is 10.2 Å². The van der Waals surface area contributed by atoms with E-state index < -0.39 is 5.54 Å². The number of ether oxygens (including phenoxy) is 1. The lowest BCUT2D eigenvalue weighted by molar-refractivity contribution is -0.132. The van der Waals surface area contributed by atoms with Crippen molar-refractivity contribution in [3.63, 3.8) is 0 Å². The van der Waals surface area contributed by atoms with Gasteiger partial charge in [0.25, 0.3) is 5.91 Å². The maximum Gasteiger partial charge on any atom is 0.255 e. The number of nitrogens with one attached hydrogen (secondary N) is 1. The SMILES string of the molecule is COc1ccccc1CN1C(=O)c2ccccc2CC1(C)C(=O)NC1CCCCCC1. The van der Waals surface area contributed by atoms with Gasteiger partial charge in [-0.1, -0.05) is 62.1 Å². The first-order chi connectivity index (χ1) is 15.0. The van der Waals surface area contributed by atoms with Crippen molar-refractivity contribution in [3.8, 4) is 5.75 Å². The van der Waals surface area contributed by atoms with Crippen LogP contribution in [0.2, 0.25) is 0 Å². The third-order valence-corrected chi connectivity index (χ3v) is 6.82. The number of benzene rings is 2. The molecule has 0 saturated heterocycles. The predicted octanol–water partition coefficient (Wildman–Crippen LogP) is 4.49. The van der Waals surface area contributed by atoms with Crippen LogP contribution in [0, 0.1) is 0 Å². The number of carbonyl (C=O) groups excluding carboxylic acids is 2. The molecule has 1 heterocycles. The molecule has 1 N–H and O–H groups in total. The largest absolute Gasteiger partial charge is 0.496 e. The van der Waals surface area contributed by atoms with Crippen molar-refractivity contribution in [2.24, 2.45) is 0 Å². The summed E-state index contributed by atoms with van der Waals surface area (Å²) in [5.41, 5.74) is 1.55. The first kappa shape index (κ1) is 21.4. The molecule has 0 spiro atoms. The Morgan fingerprint density at radius 2 is 1.74 bits per heavy atom. The van der Waals surface area contributed by atoms with Gasteiger partial charge in [0.2, 0.25) is 5.91 Å². The van der Waals surface area contributed by atoms with Gasteiger partial charge in [-0.25, -0.2) is 0 Å². The summed E-state index contributed by atoms with van der Waals surface area (Å²) >= 11 is 0. The Morgan fingerprint density at radius 1 is 1.06 bits per heavy atom. The highest BCUT2D eigenvalue weighted by Crippen LogP contribution is 2.34. The normalized spacial score (nSPS) is 21.9. The van der Waals surface area contributed by atoms with Gasteiger partial charge in [-0.2, -0.15) is 0 Å². The second-order valence-electron chi connectivity index (χ2n) is 8.97. The molecule has 0 aromatic heterocycles. The van der Waals surface area contributed by atoms with Crippen LogP contribution in [-0.4, -0.2) is 35.4 Å². The lowest BCUT2D eigenvalue weighted by Gasteiger charge is -2.44. The molecule has 1 aliphatic heterocycles. The molecule has 1 saturated carbocycles. The summed E-state index contributed by atoms with van der Waals surface area (Å²) in [6.45, 7) is 2.23. The van der Waals surface area contributed by atoms with E-state index in [0.29, 0.717) is 18.5 Å². The molecule has 2 aliphatic rings. The van der Waals surface area contributed by atoms with E-state index in [1.165, 1.54) is 12.8 Å². The molecule has 31 heavy (non-hydrogen) atoms. The van der Waals surface area contributed by atoms with Gasteiger partial charge in [-0.05, 0) is 37.5 Å². The summed E-state index contributed by atoms with van der Waals surface area (Å²) in [4.78, 5) is 29.0. The van der Waals surface area contributed by atoms with Crippen LogP contribution in [0.25, 0.3) is 0 Å². The first-order valence-corrected chi connectivity index (χ1v) is 11.4. The third kappa shape index (κ3) is 4.32. The number of amides is 2. The summed E-state index contributed by atoms with van der Waals surface area (Å²) < 4.78 is 5.52. The minimum absolute atomic E-state index is 0.0582. The highest BCUT2D eigenvalue weighted by Gasteiger charge is 2.47. The predicted molar refractivity (Wildman–Crippen MR) is 121 cm³/mol. The number of carbonyl (C=O) groups is 2. The van der Waals surface area contributed by atoms with Gasteiger partial charge in [-0.15, -0.1) is 0 Å². The highest BCUT2D eigenvalue weighted by molar-refractivity contribution is 6.02. The summed E-state index contributed by atoms with van der Waals surface area (Å²) in [6, 6.07) is 15.5. The molecule has 1 fully saturated rings. The van der Waals surface area contributed by atoms with E-state index in [1.807, 2.05) is 55.5 Å². The van der Waals surface area contributed by atoms with E-state index in [0.717, 1.165) is 42.6 Å². The zero-order chi connectivity index (χ0) is 21.8. The van der Waals surface area contributed by atoms with Crippen LogP contribution in [0.15, 0.2) is 48.5 Å². The lowest BCUT2D eigenvalue weighted by Crippen LogP contribution is -2.63. The van der Waals surface area contributed by atoms with Crippen molar-refractivity contribution in [2.75, 3.05) is 7.11 Å². The zero-order valence-corrected chi connectivity index (χ0v) is 18.5. The smallest absolute Gasteiger partial charge is 0.255 e. The van der Waals surface area contributed by atoms with E-state index in [4.69, 9.17) is 4.74 Å². The molecule has 1 atom stereocenters. The van der Waals surface area contributed by atoms with Gasteiger partial charge >= 0.3 is 0 Å². The van der Waals surface area contributed by atoms with Gasteiger partial charge in [-0.3, -0.25) is 9.59 Å². The fraction of sp³-hybridized carbons (Fsp3) is 0.462. The van der Waals surface area contributed by atoms with Crippen LogP contribution in [-0.2, 0) is 17.8 Å². The Hall–Kier alpha value is -2.82. The number of para-hydroxylation sites is 1. The minimum atomic E-state index is -0.960. The Bertz CT molecular complexity index is 949. The standard InChI is InChI=1S/C26H32N2O3/c1-26(25(30)27-21-13-5-3-4-6-14-21)17-19-11-7-9-15-22(19)24(29)28(26)18-20-12-8-10-16-23(20)31-2/h7-12,15-16,21H,3-6,13-14,17-18H2,1-2H3,(H,27,30). The van der Waals surface area contributed by atoms with Crippen LogP contribution < -0.4 is 10.1 Å². The van der Waals surface area contributed by atoms with E-state index >= 15 is 0 Å². The van der Waals surface area contributed by atoms with Crippen molar-refractivity contribution in [3.05, 3.63) is 65.2 Å². The van der Waals surface area contributed by atoms with Crippen molar-refractivity contribution < 1.29 is 14.3 Å². The molecular weight excluding hydrogens is 388 g/mol. The number of methoxy groups -OCH3 is 1. The van der Waals surface area contributed by atoms with Gasteiger partial charge in [0.1, 0.15) is 11.3 Å². The van der Waals surface area contributed by atoms with E-state index in [9.17, 15) is 9.59 Å². The number of hydrogen-bond donors (Lipinski definition) is 1. The molecule has 164 valence electrons. The molecule has 5 nitrogen and oxygen atoms in total. The Labute approximate surface area is 184 Å². The van der Waals surface area contributed by atoms with Crippen molar-refractivity contribution >= 4 is 11.8 Å². The van der Waals surface area contributed by atoms with Crippen molar-refractivity contribution in [1.29, 1.82) is 0 Å². The Morgan fingerprint density at radius 3 is 2.48 bits per heavy atom. The molecule has 1 aliphatic carbocycles. The summed E-state index contributed by atoms with van der Waals surface area (Å²) in [7, 11) is 1.63. The summed E-state index contributed by atoms with van der Waals surface area (Å²) in [6.07, 6.45) is 7.29. The quantitative estimate of drug-likeness (QED) is 0.725. The van der Waals surface area contributed by atoms with Crippen molar-refractivity contribution in [2.45, 2.75) is 70.0 Å². The topological polar surface area (TPSA) is 58.6 Å². The molecule has 0 radical (unpaired) electrons. The van der Waals surface area contributed by atoms with Gasteiger partial charge < -0.3 is 15.0 Å². The van der Waals surface area contributed by atoms with Crippen LogP contribution in [0.5, 0.6) is 5.75 Å². The second-order valence-corrected chi connectivity index (χ2v) is 8.97. The monoisotopic (exact) mass is 420 g/mol. The number of hydrogen-bond acceptors (Lipinski definition) is 3. The average Bonchev–Trinajstić information content (AvgIpc) is 3.05. The van der Waals surface area contributed by atoms with Crippen LogP contribution in [0.3, 0.4) is 0 Å². The molecule has 5 heteroatoms. The van der Waals surface area contributed by atoms with Gasteiger partial charge in [0, 0.05) is 23.6 Å². The van der Waals surface area contributed by atoms with E-state index in [2.05, 4.69) is 5.32 Å². The maximum absolute atomic E-state index is 13.7. The molecule has 1 unspecified atom stereocenters. The van der Waals surface area contributed by atoms with E-state index in [-0.39, 0.29) is 17.9 Å². The fourth-order valence-corrected chi connectivity index (χ4v) is 4.94. The molecule has 2 aromatic carbocycles. The number of rotatable bonds is 5. The maximum atomic E-state index is 13.7. The van der Waals surface area contributed by atoms with Crippen LogP contribution in [0.4, 0.5) is 0 Å². The second kappa shape index (κ2) is 9.13. The molecule has 0 bridgehead atoms. The number of fused-ring (bicyclic) bond motifs is 1. The molecule has 2 amide bonds. The Balaban J connectivity index is 1.68. The van der Waals surface area contributed by atoms with Gasteiger partial charge in [0.15, 0.2) is 0 Å². The summed E-state index contributed by atoms with van der Waals surface area (Å²) in [5.74, 6) is 0.559. The Kier molecular flexibility index (Phi) is 6.30. The molecule has 4 rings (SSSR count). The average molecular weight is 421 g/mol. The lowest BCUT2D eigenvalue weighted by atomic mass is 9.82. The van der Waals surface area contributed by atoms with E-state index in [1.54, 1.807) is 12.0 Å². The highest BCUT2D eigenvalue weighted by atomic mass is 16.5. The summed E-state index contributed by atoms with van der Waals surface area (Å²) in [5, 5.41) is 3.30. The third-order valence-electron chi connectivity index (χ3n) is 6.82.